The summed E-state index contributed by atoms with van der Waals surface area (Å²) in [6.07, 6.45) is -0.0838. The number of benzene rings is 2. The van der Waals surface area contributed by atoms with E-state index in [1.165, 1.54) is 12.0 Å². The van der Waals surface area contributed by atoms with Crippen LogP contribution in [0.5, 0.6) is 5.75 Å². The molecule has 0 unspecified atom stereocenters. The molecule has 9 heteroatoms. The molecule has 1 heterocycles. The van der Waals surface area contributed by atoms with Crippen molar-refractivity contribution in [3.63, 3.8) is 0 Å². The van der Waals surface area contributed by atoms with E-state index in [-0.39, 0.29) is 18.9 Å². The number of methoxy groups -OCH3 is 1. The van der Waals surface area contributed by atoms with Crippen molar-refractivity contribution in [2.24, 2.45) is 5.92 Å². The fraction of sp³-hybridized carbons (Fsp3) is 0.286. The predicted octanol–water partition coefficient (Wildman–Crippen LogP) is 2.82. The molecule has 1 aliphatic rings. The Morgan fingerprint density at radius 2 is 1.90 bits per heavy atom. The van der Waals surface area contributed by atoms with Crippen LogP contribution in [0, 0.1) is 24.5 Å². The maximum atomic E-state index is 13.6. The number of para-hydroxylation sites is 1. The lowest BCUT2D eigenvalue weighted by atomic mass is 10.1. The van der Waals surface area contributed by atoms with Crippen molar-refractivity contribution in [1.29, 1.82) is 0 Å². The second kappa shape index (κ2) is 8.89. The van der Waals surface area contributed by atoms with Crippen molar-refractivity contribution < 1.29 is 32.6 Å². The van der Waals surface area contributed by atoms with Gasteiger partial charge in [-0.2, -0.15) is 0 Å². The molecule has 2 aromatic rings. The number of amides is 2. The number of esters is 1. The number of ether oxygens (including phenoxy) is 2. The number of hydrogen-bond acceptors (Lipinski definition) is 5. The molecule has 2 amide bonds. The van der Waals surface area contributed by atoms with Gasteiger partial charge in [-0.25, -0.2) is 8.78 Å². The van der Waals surface area contributed by atoms with E-state index in [9.17, 15) is 23.2 Å². The van der Waals surface area contributed by atoms with E-state index in [1.54, 1.807) is 12.1 Å². The number of hydrogen-bond donors (Lipinski definition) is 1. The molecule has 1 N–H and O–H groups in total. The molecule has 7 nitrogen and oxygen atoms in total. The molecule has 0 aliphatic carbocycles. The molecule has 1 fully saturated rings. The summed E-state index contributed by atoms with van der Waals surface area (Å²) in [4.78, 5) is 38.1. The molecule has 1 saturated heterocycles. The third-order valence-electron chi connectivity index (χ3n) is 4.66. The van der Waals surface area contributed by atoms with Gasteiger partial charge in [0, 0.05) is 13.0 Å². The number of rotatable bonds is 6. The summed E-state index contributed by atoms with van der Waals surface area (Å²) in [6.45, 7) is 1.21. The first-order valence-electron chi connectivity index (χ1n) is 9.15. The first-order chi connectivity index (χ1) is 14.3. The Labute approximate surface area is 171 Å². The topological polar surface area (TPSA) is 84.9 Å². The number of aryl methyl sites for hydroxylation is 1. The second-order valence-electron chi connectivity index (χ2n) is 6.83. The van der Waals surface area contributed by atoms with Gasteiger partial charge in [-0.3, -0.25) is 14.4 Å². The minimum absolute atomic E-state index is 0.0705. The van der Waals surface area contributed by atoms with Crippen molar-refractivity contribution >= 4 is 29.2 Å². The van der Waals surface area contributed by atoms with Crippen LogP contribution in [0.1, 0.15) is 12.0 Å². The van der Waals surface area contributed by atoms with Crippen LogP contribution in [-0.2, 0) is 19.1 Å². The SMILES string of the molecule is COc1ccc(C)cc1N1C[C@@H](C(=O)OCC(=O)Nc2c(F)cccc2F)CC1=O. The van der Waals surface area contributed by atoms with Gasteiger partial charge < -0.3 is 19.7 Å². The summed E-state index contributed by atoms with van der Waals surface area (Å²) in [5.74, 6) is -4.10. The van der Waals surface area contributed by atoms with E-state index in [0.717, 1.165) is 23.8 Å². The van der Waals surface area contributed by atoms with Crippen LogP contribution in [0.2, 0.25) is 0 Å². The van der Waals surface area contributed by atoms with Gasteiger partial charge in [0.25, 0.3) is 5.91 Å². The smallest absolute Gasteiger partial charge is 0.311 e. The van der Waals surface area contributed by atoms with Crippen LogP contribution < -0.4 is 15.0 Å². The number of nitrogens with one attached hydrogen (secondary N) is 1. The summed E-state index contributed by atoms with van der Waals surface area (Å²) in [6, 6.07) is 8.49. The zero-order chi connectivity index (χ0) is 21.8. The summed E-state index contributed by atoms with van der Waals surface area (Å²) in [5, 5.41) is 2.03. The van der Waals surface area contributed by atoms with Crippen LogP contribution in [0.3, 0.4) is 0 Å². The summed E-state index contributed by atoms with van der Waals surface area (Å²) < 4.78 is 37.4. The van der Waals surface area contributed by atoms with Gasteiger partial charge in [-0.1, -0.05) is 12.1 Å². The number of carbonyl (C=O) groups is 3. The predicted molar refractivity (Wildman–Crippen MR) is 104 cm³/mol. The first-order valence-corrected chi connectivity index (χ1v) is 9.15. The van der Waals surface area contributed by atoms with Gasteiger partial charge in [0.2, 0.25) is 5.91 Å². The Hall–Kier alpha value is -3.49. The molecule has 0 bridgehead atoms. The van der Waals surface area contributed by atoms with Gasteiger partial charge in [0.05, 0.1) is 18.7 Å². The lowest BCUT2D eigenvalue weighted by Gasteiger charge is -2.20. The molecule has 2 aromatic carbocycles. The summed E-state index contributed by atoms with van der Waals surface area (Å²) >= 11 is 0. The summed E-state index contributed by atoms with van der Waals surface area (Å²) in [7, 11) is 1.48. The fourth-order valence-electron chi connectivity index (χ4n) is 3.16. The number of carbonyl (C=O) groups excluding carboxylic acids is 3. The Kier molecular flexibility index (Phi) is 6.29. The number of halogens is 2. The third kappa shape index (κ3) is 4.56. The average Bonchev–Trinajstić information content (AvgIpc) is 3.10. The van der Waals surface area contributed by atoms with Crippen molar-refractivity contribution in [3.8, 4) is 5.75 Å². The largest absolute Gasteiger partial charge is 0.495 e. The van der Waals surface area contributed by atoms with Crippen molar-refractivity contribution in [2.45, 2.75) is 13.3 Å². The molecule has 0 saturated carbocycles. The van der Waals surface area contributed by atoms with E-state index < -0.39 is 41.7 Å². The highest BCUT2D eigenvalue weighted by Crippen LogP contribution is 2.34. The highest BCUT2D eigenvalue weighted by molar-refractivity contribution is 6.01. The van der Waals surface area contributed by atoms with Gasteiger partial charge in [0.15, 0.2) is 6.61 Å². The van der Waals surface area contributed by atoms with Crippen LogP contribution in [0.4, 0.5) is 20.2 Å². The van der Waals surface area contributed by atoms with Crippen LogP contribution in [0.25, 0.3) is 0 Å². The average molecular weight is 418 g/mol. The zero-order valence-corrected chi connectivity index (χ0v) is 16.4. The minimum atomic E-state index is -0.946. The van der Waals surface area contributed by atoms with Crippen molar-refractivity contribution in [3.05, 3.63) is 53.6 Å². The Balaban J connectivity index is 1.60. The lowest BCUT2D eigenvalue weighted by Crippen LogP contribution is -2.28. The minimum Gasteiger partial charge on any atom is -0.495 e. The Morgan fingerprint density at radius 3 is 2.57 bits per heavy atom. The number of anilines is 2. The Morgan fingerprint density at radius 1 is 1.20 bits per heavy atom. The normalized spacial score (nSPS) is 15.8. The zero-order valence-electron chi connectivity index (χ0n) is 16.4. The summed E-state index contributed by atoms with van der Waals surface area (Å²) in [5.41, 5.74) is 0.847. The standard InChI is InChI=1S/C21H20F2N2O5/c1-12-6-7-17(29-2)16(8-12)25-10-13(9-19(25)27)21(28)30-11-18(26)24-20-14(22)4-3-5-15(20)23/h3-8,13H,9-11H2,1-2H3,(H,24,26)/t13-/m0/s1. The molecular weight excluding hydrogens is 398 g/mol. The highest BCUT2D eigenvalue weighted by Gasteiger charge is 2.37. The van der Waals surface area contributed by atoms with Gasteiger partial charge in [0.1, 0.15) is 23.1 Å². The van der Waals surface area contributed by atoms with Crippen LogP contribution in [0.15, 0.2) is 36.4 Å². The molecule has 0 radical (unpaired) electrons. The van der Waals surface area contributed by atoms with Gasteiger partial charge >= 0.3 is 5.97 Å². The molecule has 0 aromatic heterocycles. The third-order valence-corrected chi connectivity index (χ3v) is 4.66. The van der Waals surface area contributed by atoms with Gasteiger partial charge in [-0.05, 0) is 36.8 Å². The second-order valence-corrected chi connectivity index (χ2v) is 6.83. The Bertz CT molecular complexity index is 975. The molecule has 30 heavy (non-hydrogen) atoms. The van der Waals surface area contributed by atoms with Crippen LogP contribution in [-0.4, -0.2) is 38.0 Å². The van der Waals surface area contributed by atoms with Crippen LogP contribution >= 0.6 is 0 Å². The quantitative estimate of drug-likeness (QED) is 0.730. The van der Waals surface area contributed by atoms with Crippen molar-refractivity contribution in [1.82, 2.24) is 0 Å². The van der Waals surface area contributed by atoms with Crippen molar-refractivity contribution in [2.75, 3.05) is 30.5 Å². The van der Waals surface area contributed by atoms with E-state index in [4.69, 9.17) is 9.47 Å². The van der Waals surface area contributed by atoms with Gasteiger partial charge in [-0.15, -0.1) is 0 Å². The van der Waals surface area contributed by atoms with E-state index in [0.29, 0.717) is 11.4 Å². The van der Waals surface area contributed by atoms with E-state index in [2.05, 4.69) is 0 Å². The number of nitrogens with zero attached hydrogens (tertiary/aromatic N) is 1. The fourth-order valence-corrected chi connectivity index (χ4v) is 3.16. The molecule has 1 aliphatic heterocycles. The molecule has 158 valence electrons. The lowest BCUT2D eigenvalue weighted by molar-refractivity contribution is -0.151. The first kappa shape index (κ1) is 21.2. The monoisotopic (exact) mass is 418 g/mol. The maximum absolute atomic E-state index is 13.6. The molecule has 3 rings (SSSR count). The molecular formula is C21H20F2N2O5. The highest BCUT2D eigenvalue weighted by atomic mass is 19.1. The van der Waals surface area contributed by atoms with E-state index >= 15 is 0 Å². The molecule has 1 atom stereocenters. The van der Waals surface area contributed by atoms with E-state index in [1.807, 2.05) is 18.3 Å². The molecule has 0 spiro atoms. The maximum Gasteiger partial charge on any atom is 0.311 e.